The van der Waals surface area contributed by atoms with Gasteiger partial charge in [-0.05, 0) is 17.5 Å². The molecule has 1 aliphatic rings. The predicted octanol–water partition coefficient (Wildman–Crippen LogP) is 2.26. The lowest BCUT2D eigenvalue weighted by atomic mass is 10.0. The van der Waals surface area contributed by atoms with Crippen LogP contribution in [0.2, 0.25) is 0 Å². The van der Waals surface area contributed by atoms with E-state index in [0.29, 0.717) is 17.4 Å². The van der Waals surface area contributed by atoms with Gasteiger partial charge in [0.2, 0.25) is 5.91 Å². The Morgan fingerprint density at radius 1 is 1.32 bits per heavy atom. The van der Waals surface area contributed by atoms with Crippen LogP contribution in [-0.4, -0.2) is 61.6 Å². The summed E-state index contributed by atoms with van der Waals surface area (Å²) in [6, 6.07) is 8.08. The van der Waals surface area contributed by atoms with Crippen LogP contribution in [0, 0.1) is 0 Å². The number of likely N-dealkylation sites (N-methyl/N-ethyl adjacent to an activating group) is 1. The van der Waals surface area contributed by atoms with Crippen molar-refractivity contribution in [3.05, 3.63) is 35.4 Å². The molecule has 0 unspecified atom stereocenters. The van der Waals surface area contributed by atoms with Crippen LogP contribution in [0.3, 0.4) is 0 Å². The van der Waals surface area contributed by atoms with Crippen LogP contribution >= 0.6 is 24.0 Å². The molecular formula is C16H22F3IN4O. The van der Waals surface area contributed by atoms with Crippen LogP contribution in [0.5, 0.6) is 0 Å². The number of amides is 1. The highest BCUT2D eigenvalue weighted by Crippen LogP contribution is 2.18. The van der Waals surface area contributed by atoms with Gasteiger partial charge in [-0.15, -0.1) is 24.0 Å². The van der Waals surface area contributed by atoms with Crippen molar-refractivity contribution in [2.24, 2.45) is 4.99 Å². The van der Waals surface area contributed by atoms with E-state index in [1.165, 1.54) is 11.1 Å². The summed E-state index contributed by atoms with van der Waals surface area (Å²) in [5.74, 6) is -0.121. The Hall–Kier alpha value is -1.52. The summed E-state index contributed by atoms with van der Waals surface area (Å²) in [5, 5.41) is 2.85. The van der Waals surface area contributed by atoms with E-state index in [-0.39, 0.29) is 30.5 Å². The Bertz CT molecular complexity index is 622. The summed E-state index contributed by atoms with van der Waals surface area (Å²) in [5.41, 5.74) is 2.47. The number of aliphatic imine (C=N–C) groups is 1. The standard InChI is InChI=1S/C16H21F3N4O.HI/c1-20-15(21-9-14(24)22(2)11-16(17,18)19)23-8-7-12-5-3-4-6-13(12)10-23;/h3-6H,7-11H2,1-2H3,(H,20,21);1H. The number of rotatable bonds is 3. The average molecular weight is 470 g/mol. The molecule has 1 aromatic carbocycles. The number of nitrogens with zero attached hydrogens (tertiary/aromatic N) is 3. The van der Waals surface area contributed by atoms with Gasteiger partial charge in [-0.2, -0.15) is 13.2 Å². The van der Waals surface area contributed by atoms with Gasteiger partial charge in [-0.1, -0.05) is 24.3 Å². The quantitative estimate of drug-likeness (QED) is 0.419. The van der Waals surface area contributed by atoms with Crippen LogP contribution in [0.4, 0.5) is 13.2 Å². The zero-order chi connectivity index (χ0) is 17.7. The van der Waals surface area contributed by atoms with Crippen LogP contribution in [0.25, 0.3) is 0 Å². The number of alkyl halides is 3. The summed E-state index contributed by atoms with van der Waals surface area (Å²) in [7, 11) is 2.73. The van der Waals surface area contributed by atoms with Gasteiger partial charge in [0, 0.05) is 27.2 Å². The van der Waals surface area contributed by atoms with E-state index in [9.17, 15) is 18.0 Å². The number of nitrogens with one attached hydrogen (secondary N) is 1. The summed E-state index contributed by atoms with van der Waals surface area (Å²) in [6.07, 6.45) is -3.54. The van der Waals surface area contributed by atoms with Gasteiger partial charge in [-0.3, -0.25) is 9.79 Å². The molecule has 0 saturated heterocycles. The molecule has 0 aromatic heterocycles. The number of hydrogen-bond donors (Lipinski definition) is 1. The summed E-state index contributed by atoms with van der Waals surface area (Å²) in [6.45, 7) is -0.0910. The Morgan fingerprint density at radius 3 is 2.56 bits per heavy atom. The second kappa shape index (κ2) is 9.25. The molecule has 140 valence electrons. The van der Waals surface area contributed by atoms with Gasteiger partial charge in [0.1, 0.15) is 6.54 Å². The molecule has 1 heterocycles. The second-order valence-electron chi connectivity index (χ2n) is 5.71. The Morgan fingerprint density at radius 2 is 1.96 bits per heavy atom. The minimum atomic E-state index is -4.40. The van der Waals surface area contributed by atoms with E-state index in [1.807, 2.05) is 23.1 Å². The lowest BCUT2D eigenvalue weighted by Gasteiger charge is -2.31. The van der Waals surface area contributed by atoms with Crippen molar-refractivity contribution in [1.82, 2.24) is 15.1 Å². The maximum atomic E-state index is 12.3. The lowest BCUT2D eigenvalue weighted by molar-refractivity contribution is -0.157. The lowest BCUT2D eigenvalue weighted by Crippen LogP contribution is -2.48. The van der Waals surface area contributed by atoms with Crippen molar-refractivity contribution in [3.63, 3.8) is 0 Å². The highest BCUT2D eigenvalue weighted by Gasteiger charge is 2.31. The number of carbonyl (C=O) groups excluding carboxylic acids is 1. The first-order valence-corrected chi connectivity index (χ1v) is 7.63. The van der Waals surface area contributed by atoms with Crippen LogP contribution in [0.1, 0.15) is 11.1 Å². The number of hydrogen-bond acceptors (Lipinski definition) is 2. The zero-order valence-corrected chi connectivity index (χ0v) is 16.5. The fourth-order valence-corrected chi connectivity index (χ4v) is 2.66. The maximum Gasteiger partial charge on any atom is 0.406 e. The average Bonchev–Trinajstić information content (AvgIpc) is 2.53. The molecule has 0 atom stereocenters. The van der Waals surface area contributed by atoms with Gasteiger partial charge in [0.15, 0.2) is 5.96 Å². The first kappa shape index (κ1) is 21.5. The molecule has 0 saturated carbocycles. The van der Waals surface area contributed by atoms with E-state index < -0.39 is 18.6 Å². The zero-order valence-electron chi connectivity index (χ0n) is 14.1. The predicted molar refractivity (Wildman–Crippen MR) is 101 cm³/mol. The van der Waals surface area contributed by atoms with Gasteiger partial charge in [-0.25, -0.2) is 0 Å². The Kier molecular flexibility index (Phi) is 7.97. The number of fused-ring (bicyclic) bond motifs is 1. The van der Waals surface area contributed by atoms with Crippen LogP contribution in [-0.2, 0) is 17.8 Å². The summed E-state index contributed by atoms with van der Waals surface area (Å²) < 4.78 is 37.0. The topological polar surface area (TPSA) is 47.9 Å². The molecule has 0 bridgehead atoms. The first-order valence-electron chi connectivity index (χ1n) is 7.63. The first-order chi connectivity index (χ1) is 11.3. The summed E-state index contributed by atoms with van der Waals surface area (Å²) >= 11 is 0. The van der Waals surface area contributed by atoms with Crippen molar-refractivity contribution >= 4 is 35.8 Å². The molecule has 1 aromatic rings. The van der Waals surface area contributed by atoms with E-state index in [4.69, 9.17) is 0 Å². The smallest absolute Gasteiger partial charge is 0.347 e. The fraction of sp³-hybridized carbons (Fsp3) is 0.500. The third kappa shape index (κ3) is 6.37. The number of guanidine groups is 1. The normalized spacial score (nSPS) is 14.4. The molecular weight excluding hydrogens is 448 g/mol. The van der Waals surface area contributed by atoms with Crippen molar-refractivity contribution in [2.45, 2.75) is 19.1 Å². The number of halogens is 4. The van der Waals surface area contributed by atoms with Crippen LogP contribution in [0.15, 0.2) is 29.3 Å². The minimum absolute atomic E-state index is 0. The van der Waals surface area contributed by atoms with E-state index in [2.05, 4.69) is 16.4 Å². The third-order valence-electron chi connectivity index (χ3n) is 3.88. The molecule has 1 amide bonds. The molecule has 2 rings (SSSR count). The Balaban J connectivity index is 0.00000312. The second-order valence-corrected chi connectivity index (χ2v) is 5.71. The van der Waals surface area contributed by atoms with E-state index >= 15 is 0 Å². The number of benzene rings is 1. The van der Waals surface area contributed by atoms with E-state index in [0.717, 1.165) is 20.0 Å². The van der Waals surface area contributed by atoms with E-state index in [1.54, 1.807) is 7.05 Å². The maximum absolute atomic E-state index is 12.3. The highest BCUT2D eigenvalue weighted by molar-refractivity contribution is 14.0. The number of carbonyl (C=O) groups is 1. The van der Waals surface area contributed by atoms with Crippen molar-refractivity contribution < 1.29 is 18.0 Å². The molecule has 1 N–H and O–H groups in total. The molecule has 25 heavy (non-hydrogen) atoms. The van der Waals surface area contributed by atoms with Crippen molar-refractivity contribution in [3.8, 4) is 0 Å². The molecule has 0 spiro atoms. The van der Waals surface area contributed by atoms with Crippen LogP contribution < -0.4 is 5.32 Å². The molecule has 1 aliphatic heterocycles. The van der Waals surface area contributed by atoms with Gasteiger partial charge < -0.3 is 15.1 Å². The van der Waals surface area contributed by atoms with Crippen molar-refractivity contribution in [2.75, 3.05) is 33.7 Å². The summed E-state index contributed by atoms with van der Waals surface area (Å²) in [4.78, 5) is 18.6. The van der Waals surface area contributed by atoms with Gasteiger partial charge in [0.05, 0.1) is 6.54 Å². The fourth-order valence-electron chi connectivity index (χ4n) is 2.66. The molecule has 9 heteroatoms. The molecule has 0 aliphatic carbocycles. The van der Waals surface area contributed by atoms with Gasteiger partial charge in [0.25, 0.3) is 0 Å². The molecule has 5 nitrogen and oxygen atoms in total. The van der Waals surface area contributed by atoms with Gasteiger partial charge >= 0.3 is 6.18 Å². The van der Waals surface area contributed by atoms with Crippen molar-refractivity contribution in [1.29, 1.82) is 0 Å². The minimum Gasteiger partial charge on any atom is -0.347 e. The highest BCUT2D eigenvalue weighted by atomic mass is 127. The molecule has 0 fully saturated rings. The monoisotopic (exact) mass is 470 g/mol. The third-order valence-corrected chi connectivity index (χ3v) is 3.88. The Labute approximate surface area is 162 Å². The molecule has 0 radical (unpaired) electrons. The SMILES string of the molecule is CN=C(NCC(=O)N(C)CC(F)(F)F)N1CCc2ccccc2C1.I. The largest absolute Gasteiger partial charge is 0.406 e.